The molecule has 1 heterocycles. The Balaban J connectivity index is 2.09. The lowest BCUT2D eigenvalue weighted by molar-refractivity contribution is -0.137. The highest BCUT2D eigenvalue weighted by Gasteiger charge is 2.36. The van der Waals surface area contributed by atoms with Gasteiger partial charge in [-0.2, -0.15) is 13.2 Å². The average molecular weight is 372 g/mol. The maximum Gasteiger partial charge on any atom is 0.417 e. The number of benzene rings is 1. The topological polar surface area (TPSA) is 52.6 Å². The number of alkyl halides is 3. The Morgan fingerprint density at radius 2 is 2.04 bits per heavy atom. The Labute approximate surface area is 152 Å². The Hall–Kier alpha value is -1.76. The molecule has 0 radical (unpaired) electrons. The average Bonchev–Trinajstić information content (AvgIpc) is 2.58. The summed E-state index contributed by atoms with van der Waals surface area (Å²) in [5, 5.41) is 12.1. The molecule has 1 aliphatic rings. The lowest BCUT2D eigenvalue weighted by Gasteiger charge is -2.43. The standard InChI is InChI=1S/C19H27F3N2O2/c1-4-13-6-5-9-24(11-13)18(2,3)12-23-17(26)15-10-14(25)7-8-16(15)19(20,21)22/h7-8,10,13,25H,4-6,9,11-12H2,1-3H3,(H,23,26)/t13-/m0/s1. The third-order valence-corrected chi connectivity index (χ3v) is 5.19. The molecule has 7 heteroatoms. The second-order valence-corrected chi connectivity index (χ2v) is 7.59. The smallest absolute Gasteiger partial charge is 0.417 e. The van der Waals surface area contributed by atoms with E-state index in [-0.39, 0.29) is 17.8 Å². The Morgan fingerprint density at radius 3 is 2.65 bits per heavy atom. The quantitative estimate of drug-likeness (QED) is 0.820. The molecule has 2 rings (SSSR count). The van der Waals surface area contributed by atoms with E-state index in [4.69, 9.17) is 0 Å². The molecule has 1 saturated heterocycles. The number of rotatable bonds is 5. The van der Waals surface area contributed by atoms with Gasteiger partial charge in [-0.05, 0) is 57.4 Å². The summed E-state index contributed by atoms with van der Waals surface area (Å²) in [5.41, 5.74) is -1.97. The number of nitrogens with zero attached hydrogens (tertiary/aromatic N) is 1. The zero-order chi connectivity index (χ0) is 19.5. The summed E-state index contributed by atoms with van der Waals surface area (Å²) in [5.74, 6) is -0.587. The Morgan fingerprint density at radius 1 is 1.35 bits per heavy atom. The molecule has 0 aliphatic carbocycles. The van der Waals surface area contributed by atoms with E-state index >= 15 is 0 Å². The number of phenolic OH excluding ortho intramolecular Hbond substituents is 1. The molecule has 4 nitrogen and oxygen atoms in total. The zero-order valence-electron chi connectivity index (χ0n) is 15.5. The first kappa shape index (κ1) is 20.6. The van der Waals surface area contributed by atoms with Gasteiger partial charge in [0.05, 0.1) is 11.1 Å². The third-order valence-electron chi connectivity index (χ3n) is 5.19. The molecule has 26 heavy (non-hydrogen) atoms. The summed E-state index contributed by atoms with van der Waals surface area (Å²) in [6.45, 7) is 8.20. The van der Waals surface area contributed by atoms with Gasteiger partial charge in [0.25, 0.3) is 5.91 Å². The summed E-state index contributed by atoms with van der Waals surface area (Å²) >= 11 is 0. The maximum absolute atomic E-state index is 13.1. The van der Waals surface area contributed by atoms with Gasteiger partial charge in [-0.25, -0.2) is 0 Å². The minimum absolute atomic E-state index is 0.231. The number of hydrogen-bond donors (Lipinski definition) is 2. The SMILES string of the molecule is CC[C@H]1CCCN(C(C)(C)CNC(=O)c2cc(O)ccc2C(F)(F)F)C1. The molecular formula is C19H27F3N2O2. The number of piperidine rings is 1. The van der Waals surface area contributed by atoms with Gasteiger partial charge in [-0.1, -0.05) is 13.3 Å². The number of carbonyl (C=O) groups excluding carboxylic acids is 1. The molecule has 2 N–H and O–H groups in total. The van der Waals surface area contributed by atoms with Crippen molar-refractivity contribution in [2.75, 3.05) is 19.6 Å². The van der Waals surface area contributed by atoms with Crippen LogP contribution < -0.4 is 5.32 Å². The molecule has 1 atom stereocenters. The van der Waals surface area contributed by atoms with Crippen LogP contribution in [0.15, 0.2) is 18.2 Å². The minimum atomic E-state index is -4.66. The van der Waals surface area contributed by atoms with Gasteiger partial charge >= 0.3 is 6.18 Å². The van der Waals surface area contributed by atoms with E-state index in [9.17, 15) is 23.1 Å². The van der Waals surface area contributed by atoms with Gasteiger partial charge in [-0.3, -0.25) is 9.69 Å². The molecule has 0 saturated carbocycles. The molecule has 1 aliphatic heterocycles. The van der Waals surface area contributed by atoms with Crippen LogP contribution in [-0.2, 0) is 6.18 Å². The number of phenols is 1. The molecule has 0 aromatic heterocycles. The summed E-state index contributed by atoms with van der Waals surface area (Å²) in [4.78, 5) is 14.7. The van der Waals surface area contributed by atoms with Crippen molar-refractivity contribution in [3.63, 3.8) is 0 Å². The molecular weight excluding hydrogens is 345 g/mol. The van der Waals surface area contributed by atoms with Crippen LogP contribution in [0.3, 0.4) is 0 Å². The van der Waals surface area contributed by atoms with Crippen molar-refractivity contribution in [2.45, 2.75) is 51.7 Å². The van der Waals surface area contributed by atoms with Crippen LogP contribution in [-0.4, -0.2) is 41.1 Å². The van der Waals surface area contributed by atoms with Crippen molar-refractivity contribution in [2.24, 2.45) is 5.92 Å². The molecule has 1 aromatic rings. The molecule has 0 bridgehead atoms. The Kier molecular flexibility index (Phi) is 6.21. The first-order valence-corrected chi connectivity index (χ1v) is 8.98. The molecule has 1 amide bonds. The summed E-state index contributed by atoms with van der Waals surface area (Å²) < 4.78 is 39.4. The van der Waals surface area contributed by atoms with E-state index in [2.05, 4.69) is 17.1 Å². The summed E-state index contributed by atoms with van der Waals surface area (Å²) in [6.07, 6.45) is -1.29. The largest absolute Gasteiger partial charge is 0.508 e. The lowest BCUT2D eigenvalue weighted by Crippen LogP contribution is -2.54. The van der Waals surface area contributed by atoms with Gasteiger partial charge in [0.15, 0.2) is 0 Å². The van der Waals surface area contributed by atoms with Crippen LogP contribution in [0.1, 0.15) is 56.0 Å². The van der Waals surface area contributed by atoms with Gasteiger partial charge in [0.1, 0.15) is 5.75 Å². The monoisotopic (exact) mass is 372 g/mol. The molecule has 0 spiro atoms. The molecule has 146 valence electrons. The highest BCUT2D eigenvalue weighted by Crippen LogP contribution is 2.33. The van der Waals surface area contributed by atoms with Crippen LogP contribution >= 0.6 is 0 Å². The number of nitrogens with one attached hydrogen (secondary N) is 1. The minimum Gasteiger partial charge on any atom is -0.508 e. The number of amides is 1. The van der Waals surface area contributed by atoms with Crippen molar-refractivity contribution in [1.29, 1.82) is 0 Å². The van der Waals surface area contributed by atoms with Crippen LogP contribution in [0.5, 0.6) is 5.75 Å². The van der Waals surface area contributed by atoms with E-state index in [0.717, 1.165) is 44.1 Å². The molecule has 0 unspecified atom stereocenters. The van der Waals surface area contributed by atoms with E-state index in [0.29, 0.717) is 5.92 Å². The Bertz CT molecular complexity index is 644. The number of hydrogen-bond acceptors (Lipinski definition) is 3. The van der Waals surface area contributed by atoms with Gasteiger partial charge in [-0.15, -0.1) is 0 Å². The van der Waals surface area contributed by atoms with E-state index in [1.54, 1.807) is 0 Å². The summed E-state index contributed by atoms with van der Waals surface area (Å²) in [6, 6.07) is 2.52. The van der Waals surface area contributed by atoms with Crippen LogP contribution in [0.4, 0.5) is 13.2 Å². The van der Waals surface area contributed by atoms with Gasteiger partial charge in [0.2, 0.25) is 0 Å². The molecule has 1 fully saturated rings. The van der Waals surface area contributed by atoms with Crippen molar-refractivity contribution < 1.29 is 23.1 Å². The van der Waals surface area contributed by atoms with Crippen LogP contribution in [0.2, 0.25) is 0 Å². The lowest BCUT2D eigenvalue weighted by atomic mass is 9.91. The number of likely N-dealkylation sites (tertiary alicyclic amines) is 1. The normalized spacial score (nSPS) is 19.4. The van der Waals surface area contributed by atoms with E-state index in [1.165, 1.54) is 6.42 Å². The second-order valence-electron chi connectivity index (χ2n) is 7.59. The molecule has 1 aromatic carbocycles. The first-order valence-electron chi connectivity index (χ1n) is 8.98. The number of aromatic hydroxyl groups is 1. The van der Waals surface area contributed by atoms with Crippen LogP contribution in [0.25, 0.3) is 0 Å². The second kappa shape index (κ2) is 7.86. The highest BCUT2D eigenvalue weighted by atomic mass is 19.4. The number of halogens is 3. The fourth-order valence-electron chi connectivity index (χ4n) is 3.42. The van der Waals surface area contributed by atoms with Gasteiger partial charge < -0.3 is 10.4 Å². The number of carbonyl (C=O) groups is 1. The van der Waals surface area contributed by atoms with Gasteiger partial charge in [0, 0.05) is 18.6 Å². The highest BCUT2D eigenvalue weighted by molar-refractivity contribution is 5.96. The van der Waals surface area contributed by atoms with Crippen molar-refractivity contribution >= 4 is 5.91 Å². The van der Waals surface area contributed by atoms with E-state index < -0.39 is 23.2 Å². The van der Waals surface area contributed by atoms with E-state index in [1.807, 2.05) is 13.8 Å². The van der Waals surface area contributed by atoms with Crippen molar-refractivity contribution in [1.82, 2.24) is 10.2 Å². The fraction of sp³-hybridized carbons (Fsp3) is 0.632. The predicted molar refractivity (Wildman–Crippen MR) is 94.1 cm³/mol. The fourth-order valence-corrected chi connectivity index (χ4v) is 3.42. The first-order chi connectivity index (χ1) is 12.0. The van der Waals surface area contributed by atoms with Crippen LogP contribution in [0, 0.1) is 5.92 Å². The predicted octanol–water partition coefficient (Wildman–Crippen LogP) is 4.04. The third kappa shape index (κ3) is 4.90. The van der Waals surface area contributed by atoms with Crippen molar-refractivity contribution in [3.8, 4) is 5.75 Å². The zero-order valence-corrected chi connectivity index (χ0v) is 15.5. The maximum atomic E-state index is 13.1. The summed E-state index contributed by atoms with van der Waals surface area (Å²) in [7, 11) is 0. The van der Waals surface area contributed by atoms with Crippen molar-refractivity contribution in [3.05, 3.63) is 29.3 Å².